The standard InChI is InChI=1S/C31H32BrN3O/c1-21(2)24-10-6-23(7-11-24)20-34-14-16-35(17-15-34)31(36)28-19-30(25-8-4-22(3)5-9-25)33-29-13-12-26(32)18-27(28)29/h4-13,18-19,21H,14-17,20H2,1-3H3. The van der Waals surface area contributed by atoms with Crippen LogP contribution in [0.5, 0.6) is 0 Å². The number of pyridine rings is 1. The lowest BCUT2D eigenvalue weighted by Gasteiger charge is -2.35. The molecule has 2 heterocycles. The van der Waals surface area contributed by atoms with Gasteiger partial charge in [-0.1, -0.05) is 83.9 Å². The highest BCUT2D eigenvalue weighted by Gasteiger charge is 2.24. The van der Waals surface area contributed by atoms with E-state index in [1.54, 1.807) is 0 Å². The fourth-order valence-corrected chi connectivity index (χ4v) is 5.15. The number of halogens is 1. The molecular formula is C31H32BrN3O. The molecule has 1 aliphatic rings. The van der Waals surface area contributed by atoms with Gasteiger partial charge in [0.2, 0.25) is 0 Å². The first-order valence-electron chi connectivity index (χ1n) is 12.7. The topological polar surface area (TPSA) is 36.4 Å². The van der Waals surface area contributed by atoms with Crippen molar-refractivity contribution in [2.45, 2.75) is 33.2 Å². The molecule has 0 aliphatic carbocycles. The molecule has 1 amide bonds. The van der Waals surface area contributed by atoms with Crippen LogP contribution in [0.3, 0.4) is 0 Å². The molecule has 184 valence electrons. The summed E-state index contributed by atoms with van der Waals surface area (Å²) in [4.78, 5) is 23.1. The van der Waals surface area contributed by atoms with Crippen molar-refractivity contribution >= 4 is 32.7 Å². The predicted molar refractivity (Wildman–Crippen MR) is 151 cm³/mol. The fraction of sp³-hybridized carbons (Fsp3) is 0.290. The number of nitrogens with zero attached hydrogens (tertiary/aromatic N) is 3. The third-order valence-electron chi connectivity index (χ3n) is 7.06. The Morgan fingerprint density at radius 3 is 2.28 bits per heavy atom. The minimum absolute atomic E-state index is 0.0785. The average Bonchev–Trinajstić information content (AvgIpc) is 2.89. The molecule has 4 nitrogen and oxygen atoms in total. The molecule has 0 unspecified atom stereocenters. The molecule has 0 spiro atoms. The maximum Gasteiger partial charge on any atom is 0.254 e. The monoisotopic (exact) mass is 541 g/mol. The second-order valence-corrected chi connectivity index (χ2v) is 11.0. The van der Waals surface area contributed by atoms with E-state index in [0.717, 1.165) is 64.9 Å². The number of hydrogen-bond donors (Lipinski definition) is 0. The highest BCUT2D eigenvalue weighted by molar-refractivity contribution is 9.10. The normalized spacial score (nSPS) is 14.5. The Labute approximate surface area is 222 Å². The number of fused-ring (bicyclic) bond motifs is 1. The van der Waals surface area contributed by atoms with Crippen LogP contribution in [0.15, 0.2) is 77.3 Å². The van der Waals surface area contributed by atoms with Gasteiger partial charge in [0.1, 0.15) is 0 Å². The molecule has 36 heavy (non-hydrogen) atoms. The number of aromatic nitrogens is 1. The van der Waals surface area contributed by atoms with Crippen molar-refractivity contribution in [3.05, 3.63) is 99.5 Å². The molecule has 5 rings (SSSR count). The molecular weight excluding hydrogens is 510 g/mol. The van der Waals surface area contributed by atoms with Gasteiger partial charge in [0.25, 0.3) is 5.91 Å². The molecule has 1 saturated heterocycles. The average molecular weight is 543 g/mol. The van der Waals surface area contributed by atoms with Crippen LogP contribution >= 0.6 is 15.9 Å². The first kappa shape index (κ1) is 24.7. The summed E-state index contributed by atoms with van der Waals surface area (Å²) < 4.78 is 0.947. The Hall–Kier alpha value is -3.02. The maximum absolute atomic E-state index is 13.8. The molecule has 3 aromatic carbocycles. The van der Waals surface area contributed by atoms with E-state index in [2.05, 4.69) is 90.1 Å². The van der Waals surface area contributed by atoms with E-state index in [4.69, 9.17) is 4.98 Å². The summed E-state index contributed by atoms with van der Waals surface area (Å²) in [6.07, 6.45) is 0. The number of benzene rings is 3. The minimum Gasteiger partial charge on any atom is -0.336 e. The van der Waals surface area contributed by atoms with Crippen LogP contribution < -0.4 is 0 Å². The number of hydrogen-bond acceptors (Lipinski definition) is 3. The van der Waals surface area contributed by atoms with E-state index < -0.39 is 0 Å². The van der Waals surface area contributed by atoms with Gasteiger partial charge < -0.3 is 4.90 Å². The SMILES string of the molecule is Cc1ccc(-c2cc(C(=O)N3CCN(Cc4ccc(C(C)C)cc4)CC3)c3cc(Br)ccc3n2)cc1. The van der Waals surface area contributed by atoms with Gasteiger partial charge in [-0.3, -0.25) is 9.69 Å². The highest BCUT2D eigenvalue weighted by atomic mass is 79.9. The zero-order valence-corrected chi connectivity index (χ0v) is 22.8. The molecule has 5 heteroatoms. The third kappa shape index (κ3) is 5.37. The lowest BCUT2D eigenvalue weighted by atomic mass is 10.0. The quantitative estimate of drug-likeness (QED) is 0.271. The molecule has 1 aromatic heterocycles. The first-order chi connectivity index (χ1) is 17.4. The summed E-state index contributed by atoms with van der Waals surface area (Å²) in [6, 6.07) is 25.2. The first-order valence-corrected chi connectivity index (χ1v) is 13.4. The number of carbonyl (C=O) groups excluding carboxylic acids is 1. The van der Waals surface area contributed by atoms with Crippen molar-refractivity contribution < 1.29 is 4.79 Å². The smallest absolute Gasteiger partial charge is 0.254 e. The van der Waals surface area contributed by atoms with Crippen molar-refractivity contribution in [3.8, 4) is 11.3 Å². The summed E-state index contributed by atoms with van der Waals surface area (Å²) in [5.41, 5.74) is 7.30. The second kappa shape index (κ2) is 10.5. The maximum atomic E-state index is 13.8. The summed E-state index contributed by atoms with van der Waals surface area (Å²) >= 11 is 3.58. The Morgan fingerprint density at radius 1 is 0.917 bits per heavy atom. The van der Waals surface area contributed by atoms with Gasteiger partial charge in [0.05, 0.1) is 16.8 Å². The van der Waals surface area contributed by atoms with Crippen LogP contribution in [0.25, 0.3) is 22.2 Å². The van der Waals surface area contributed by atoms with Gasteiger partial charge in [-0.15, -0.1) is 0 Å². The van der Waals surface area contributed by atoms with Crippen LogP contribution in [0.2, 0.25) is 0 Å². The zero-order valence-electron chi connectivity index (χ0n) is 21.2. The fourth-order valence-electron chi connectivity index (χ4n) is 4.79. The lowest BCUT2D eigenvalue weighted by molar-refractivity contribution is 0.0630. The van der Waals surface area contributed by atoms with Gasteiger partial charge in [0.15, 0.2) is 0 Å². The van der Waals surface area contributed by atoms with Crippen LogP contribution in [-0.2, 0) is 6.54 Å². The number of carbonyl (C=O) groups is 1. The number of rotatable bonds is 5. The Balaban J connectivity index is 1.35. The number of aryl methyl sites for hydroxylation is 1. The van der Waals surface area contributed by atoms with Crippen molar-refractivity contribution in [1.82, 2.24) is 14.8 Å². The van der Waals surface area contributed by atoms with Gasteiger partial charge in [-0.05, 0) is 48.2 Å². The lowest BCUT2D eigenvalue weighted by Crippen LogP contribution is -2.48. The van der Waals surface area contributed by atoms with E-state index in [-0.39, 0.29) is 5.91 Å². The molecule has 0 saturated carbocycles. The molecule has 4 aromatic rings. The van der Waals surface area contributed by atoms with Crippen molar-refractivity contribution in [1.29, 1.82) is 0 Å². The number of amides is 1. The number of piperazine rings is 1. The predicted octanol–water partition coefficient (Wildman–Crippen LogP) is 7.05. The molecule has 0 atom stereocenters. The largest absolute Gasteiger partial charge is 0.336 e. The van der Waals surface area contributed by atoms with E-state index in [1.165, 1.54) is 16.7 Å². The van der Waals surface area contributed by atoms with Crippen molar-refractivity contribution in [2.75, 3.05) is 26.2 Å². The molecule has 0 radical (unpaired) electrons. The summed E-state index contributed by atoms with van der Waals surface area (Å²) in [5, 5.41) is 0.887. The third-order valence-corrected chi connectivity index (χ3v) is 7.55. The Morgan fingerprint density at radius 2 is 1.61 bits per heavy atom. The molecule has 1 aliphatic heterocycles. The van der Waals surface area contributed by atoms with E-state index in [1.807, 2.05) is 29.2 Å². The van der Waals surface area contributed by atoms with E-state index in [9.17, 15) is 4.79 Å². The van der Waals surface area contributed by atoms with Gasteiger partial charge in [0, 0.05) is 48.1 Å². The molecule has 0 bridgehead atoms. The molecule has 0 N–H and O–H groups in total. The van der Waals surface area contributed by atoms with Crippen LogP contribution in [0, 0.1) is 6.92 Å². The van der Waals surface area contributed by atoms with Gasteiger partial charge >= 0.3 is 0 Å². The minimum atomic E-state index is 0.0785. The van der Waals surface area contributed by atoms with E-state index >= 15 is 0 Å². The Kier molecular flexibility index (Phi) is 7.22. The van der Waals surface area contributed by atoms with Crippen molar-refractivity contribution in [2.24, 2.45) is 0 Å². The van der Waals surface area contributed by atoms with Crippen molar-refractivity contribution in [3.63, 3.8) is 0 Å². The van der Waals surface area contributed by atoms with Crippen LogP contribution in [0.1, 0.15) is 46.8 Å². The van der Waals surface area contributed by atoms with Gasteiger partial charge in [-0.2, -0.15) is 0 Å². The van der Waals surface area contributed by atoms with Crippen LogP contribution in [0.4, 0.5) is 0 Å². The zero-order chi connectivity index (χ0) is 25.2. The second-order valence-electron chi connectivity index (χ2n) is 10.0. The summed E-state index contributed by atoms with van der Waals surface area (Å²) in [6.45, 7) is 10.6. The summed E-state index contributed by atoms with van der Waals surface area (Å²) in [7, 11) is 0. The van der Waals surface area contributed by atoms with Crippen LogP contribution in [-0.4, -0.2) is 46.9 Å². The highest BCUT2D eigenvalue weighted by Crippen LogP contribution is 2.29. The molecule has 1 fully saturated rings. The van der Waals surface area contributed by atoms with E-state index in [0.29, 0.717) is 5.92 Å². The summed E-state index contributed by atoms with van der Waals surface area (Å²) in [5.74, 6) is 0.625. The Bertz CT molecular complexity index is 1370. The van der Waals surface area contributed by atoms with Gasteiger partial charge in [-0.25, -0.2) is 4.98 Å².